The van der Waals surface area contributed by atoms with Crippen molar-refractivity contribution in [2.75, 3.05) is 13.1 Å². The summed E-state index contributed by atoms with van der Waals surface area (Å²) in [5.74, 6) is -0.307. The van der Waals surface area contributed by atoms with E-state index in [1.54, 1.807) is 12.1 Å². The highest BCUT2D eigenvalue weighted by atomic mass is 16.5. The summed E-state index contributed by atoms with van der Waals surface area (Å²) < 4.78 is 0.281. The van der Waals surface area contributed by atoms with Gasteiger partial charge in [0.1, 0.15) is 0 Å². The summed E-state index contributed by atoms with van der Waals surface area (Å²) in [7, 11) is 0. The molecule has 1 fully saturated rings. The standard InChI is InChI=1S/C15H14N6O3/c22-12-10-4-3-5-16-13(10)20(15-17-6-7-18-19-15)14(23)11(12)21(24)8-1-2-9-21/h3-7,22H,1-2,8-9H2. The second-order valence-electron chi connectivity index (χ2n) is 5.70. The van der Waals surface area contributed by atoms with Crippen molar-refractivity contribution in [2.24, 2.45) is 0 Å². The number of fused-ring (bicyclic) bond motifs is 1. The van der Waals surface area contributed by atoms with Crippen LogP contribution in [-0.2, 0) is 0 Å². The van der Waals surface area contributed by atoms with Crippen LogP contribution in [0.4, 0.5) is 5.69 Å². The molecule has 3 aromatic heterocycles. The van der Waals surface area contributed by atoms with Gasteiger partial charge >= 0.3 is 5.56 Å². The summed E-state index contributed by atoms with van der Waals surface area (Å²) in [6.07, 6.45) is 5.68. The summed E-state index contributed by atoms with van der Waals surface area (Å²) in [6.45, 7) is 0.505. The van der Waals surface area contributed by atoms with E-state index >= 15 is 0 Å². The van der Waals surface area contributed by atoms with Gasteiger partial charge in [-0.15, -0.1) is 5.10 Å². The number of hydroxylamine groups is 2. The third kappa shape index (κ3) is 2.06. The topological polar surface area (TPSA) is 117 Å². The highest BCUT2D eigenvalue weighted by Gasteiger charge is 2.35. The molecule has 0 amide bonds. The van der Waals surface area contributed by atoms with Crippen molar-refractivity contribution in [3.63, 3.8) is 0 Å². The zero-order valence-electron chi connectivity index (χ0n) is 12.7. The van der Waals surface area contributed by atoms with Crippen molar-refractivity contribution in [2.45, 2.75) is 12.8 Å². The van der Waals surface area contributed by atoms with Gasteiger partial charge < -0.3 is 15.0 Å². The number of nitrogens with zero attached hydrogens (tertiary/aromatic N) is 6. The van der Waals surface area contributed by atoms with Crippen LogP contribution in [-0.4, -0.2) is 42.9 Å². The second kappa shape index (κ2) is 5.32. The number of hydrogen-bond donors (Lipinski definition) is 1. The van der Waals surface area contributed by atoms with Gasteiger partial charge in [-0.2, -0.15) is 5.10 Å². The average molecular weight is 326 g/mol. The smallest absolute Gasteiger partial charge is 0.324 e. The van der Waals surface area contributed by atoms with Crippen molar-refractivity contribution < 1.29 is 5.11 Å². The summed E-state index contributed by atoms with van der Waals surface area (Å²) in [5, 5.41) is 31.5. The molecule has 0 atom stereocenters. The Morgan fingerprint density at radius 2 is 1.96 bits per heavy atom. The first-order valence-corrected chi connectivity index (χ1v) is 7.57. The van der Waals surface area contributed by atoms with Crippen LogP contribution < -0.4 is 10.2 Å². The first-order chi connectivity index (χ1) is 11.6. The highest BCUT2D eigenvalue weighted by molar-refractivity contribution is 5.88. The summed E-state index contributed by atoms with van der Waals surface area (Å²) >= 11 is 0. The van der Waals surface area contributed by atoms with E-state index in [0.717, 1.165) is 4.57 Å². The molecule has 3 aromatic rings. The van der Waals surface area contributed by atoms with Crippen molar-refractivity contribution >= 4 is 16.7 Å². The minimum atomic E-state index is -0.851. The Hall–Kier alpha value is -2.91. The summed E-state index contributed by atoms with van der Waals surface area (Å²) in [6, 6.07) is 3.24. The maximum atomic E-state index is 13.1. The van der Waals surface area contributed by atoms with Crippen LogP contribution in [0.15, 0.2) is 35.5 Å². The van der Waals surface area contributed by atoms with E-state index in [1.165, 1.54) is 18.6 Å². The number of aromatic hydroxyl groups is 1. The maximum Gasteiger partial charge on any atom is 0.324 e. The monoisotopic (exact) mass is 326 g/mol. The molecule has 122 valence electrons. The molecular formula is C15H14N6O3. The zero-order valence-corrected chi connectivity index (χ0v) is 12.7. The van der Waals surface area contributed by atoms with Gasteiger partial charge in [0.2, 0.25) is 5.69 Å². The van der Waals surface area contributed by atoms with E-state index in [2.05, 4.69) is 20.2 Å². The molecule has 9 heteroatoms. The van der Waals surface area contributed by atoms with Crippen LogP contribution in [0, 0.1) is 5.21 Å². The number of aromatic nitrogens is 5. The van der Waals surface area contributed by atoms with Gasteiger partial charge in [-0.1, -0.05) is 0 Å². The lowest BCUT2D eigenvalue weighted by molar-refractivity contribution is 0.409. The van der Waals surface area contributed by atoms with Gasteiger partial charge in [-0.05, 0) is 12.1 Å². The van der Waals surface area contributed by atoms with Crippen molar-refractivity contribution in [1.82, 2.24) is 29.4 Å². The number of pyridine rings is 2. The molecule has 4 rings (SSSR count). The van der Waals surface area contributed by atoms with Gasteiger partial charge in [-0.3, -0.25) is 4.79 Å². The lowest BCUT2D eigenvalue weighted by atomic mass is 10.2. The normalized spacial score (nSPS) is 16.5. The zero-order chi connectivity index (χ0) is 16.7. The van der Waals surface area contributed by atoms with E-state index in [9.17, 15) is 15.1 Å². The predicted molar refractivity (Wildman–Crippen MR) is 86.5 cm³/mol. The first kappa shape index (κ1) is 14.7. The van der Waals surface area contributed by atoms with Crippen LogP contribution >= 0.6 is 0 Å². The molecule has 9 nitrogen and oxygen atoms in total. The molecular weight excluding hydrogens is 312 g/mol. The molecule has 1 N–H and O–H groups in total. The van der Waals surface area contributed by atoms with E-state index in [-0.39, 0.29) is 36.1 Å². The average Bonchev–Trinajstić information content (AvgIpc) is 3.03. The minimum Gasteiger partial charge on any atom is -0.627 e. The third-order valence-electron chi connectivity index (χ3n) is 4.25. The highest BCUT2D eigenvalue weighted by Crippen LogP contribution is 2.37. The van der Waals surface area contributed by atoms with Gasteiger partial charge in [0.25, 0.3) is 5.95 Å². The van der Waals surface area contributed by atoms with E-state index in [4.69, 9.17) is 0 Å². The second-order valence-corrected chi connectivity index (χ2v) is 5.70. The van der Waals surface area contributed by atoms with Gasteiger partial charge in [0, 0.05) is 19.0 Å². The van der Waals surface area contributed by atoms with Crippen LogP contribution in [0.2, 0.25) is 0 Å². The van der Waals surface area contributed by atoms with Crippen LogP contribution in [0.5, 0.6) is 5.75 Å². The summed E-state index contributed by atoms with van der Waals surface area (Å²) in [5.41, 5.74) is -0.674. The Morgan fingerprint density at radius 3 is 2.67 bits per heavy atom. The van der Waals surface area contributed by atoms with Crippen molar-refractivity contribution in [1.29, 1.82) is 0 Å². The molecule has 0 saturated carbocycles. The van der Waals surface area contributed by atoms with E-state index in [1.807, 2.05) is 0 Å². The molecule has 1 aliphatic heterocycles. The Balaban J connectivity index is 2.14. The molecule has 0 unspecified atom stereocenters. The molecule has 1 aliphatic rings. The fourth-order valence-corrected chi connectivity index (χ4v) is 3.16. The molecule has 0 aliphatic carbocycles. The van der Waals surface area contributed by atoms with Crippen LogP contribution in [0.25, 0.3) is 17.0 Å². The lowest BCUT2D eigenvalue weighted by Crippen LogP contribution is -2.44. The molecule has 0 radical (unpaired) electrons. The first-order valence-electron chi connectivity index (χ1n) is 7.57. The lowest BCUT2D eigenvalue weighted by Gasteiger charge is -2.37. The Morgan fingerprint density at radius 1 is 1.17 bits per heavy atom. The SMILES string of the molecule is O=c1c([N+]2([O-])CCCC2)c(O)c2cccnc2n1-c1nccnn1. The van der Waals surface area contributed by atoms with Crippen molar-refractivity contribution in [3.05, 3.63) is 46.3 Å². The molecule has 1 saturated heterocycles. The van der Waals surface area contributed by atoms with Gasteiger partial charge in [0.15, 0.2) is 11.4 Å². The third-order valence-corrected chi connectivity index (χ3v) is 4.25. The Kier molecular flexibility index (Phi) is 3.25. The largest absolute Gasteiger partial charge is 0.627 e. The van der Waals surface area contributed by atoms with Crippen LogP contribution in [0.3, 0.4) is 0 Å². The molecule has 0 bridgehead atoms. The maximum absolute atomic E-state index is 13.1. The Bertz CT molecular complexity index is 966. The van der Waals surface area contributed by atoms with Gasteiger partial charge in [0.05, 0.1) is 30.9 Å². The van der Waals surface area contributed by atoms with E-state index in [0.29, 0.717) is 18.2 Å². The van der Waals surface area contributed by atoms with Crippen LogP contribution in [0.1, 0.15) is 12.8 Å². The Labute approximate surface area is 136 Å². The fourth-order valence-electron chi connectivity index (χ4n) is 3.16. The fraction of sp³-hybridized carbons (Fsp3) is 0.267. The predicted octanol–water partition coefficient (Wildman–Crippen LogP) is 0.875. The number of quaternary nitrogens is 1. The minimum absolute atomic E-state index is 0.0123. The summed E-state index contributed by atoms with van der Waals surface area (Å²) in [4.78, 5) is 21.2. The molecule has 4 heterocycles. The molecule has 24 heavy (non-hydrogen) atoms. The molecule has 0 aromatic carbocycles. The van der Waals surface area contributed by atoms with Gasteiger partial charge in [-0.25, -0.2) is 14.5 Å². The number of hydrogen-bond acceptors (Lipinski definition) is 7. The van der Waals surface area contributed by atoms with Crippen molar-refractivity contribution in [3.8, 4) is 11.7 Å². The quantitative estimate of drug-likeness (QED) is 0.548. The molecule has 0 spiro atoms. The van der Waals surface area contributed by atoms with E-state index < -0.39 is 10.2 Å². The number of rotatable bonds is 2.